The minimum atomic E-state index is 0.264. The zero-order valence-corrected chi connectivity index (χ0v) is 14.9. The largest absolute Gasteiger partial charge is 0.408 e. The smallest absolute Gasteiger partial charge is 0.318 e. The molecule has 0 aliphatic carbocycles. The van der Waals surface area contributed by atoms with Crippen LogP contribution in [0.4, 0.5) is 6.01 Å². The molecule has 0 saturated carbocycles. The van der Waals surface area contributed by atoms with E-state index >= 15 is 0 Å². The quantitative estimate of drug-likeness (QED) is 0.720. The van der Waals surface area contributed by atoms with Gasteiger partial charge in [0.2, 0.25) is 11.8 Å². The molecule has 1 saturated heterocycles. The van der Waals surface area contributed by atoms with Crippen LogP contribution >= 0.6 is 11.3 Å². The van der Waals surface area contributed by atoms with Crippen LogP contribution in [0.3, 0.4) is 0 Å². The molecule has 2 aromatic heterocycles. The summed E-state index contributed by atoms with van der Waals surface area (Å²) in [5.41, 5.74) is 0. The Balaban J connectivity index is 1.37. The van der Waals surface area contributed by atoms with Crippen molar-refractivity contribution in [1.29, 1.82) is 0 Å². The molecule has 6 nitrogen and oxygen atoms in total. The summed E-state index contributed by atoms with van der Waals surface area (Å²) in [7, 11) is 0. The van der Waals surface area contributed by atoms with Gasteiger partial charge in [0.1, 0.15) is 0 Å². The lowest BCUT2D eigenvalue weighted by atomic mass is 10.1. The van der Waals surface area contributed by atoms with Crippen molar-refractivity contribution in [2.75, 3.05) is 31.1 Å². The van der Waals surface area contributed by atoms with Gasteiger partial charge >= 0.3 is 6.01 Å². The number of aromatic nitrogens is 2. The van der Waals surface area contributed by atoms with Crippen molar-refractivity contribution >= 4 is 23.3 Å². The number of anilines is 1. The number of nitrogens with zero attached hydrogens (tertiary/aromatic N) is 4. The van der Waals surface area contributed by atoms with E-state index in [1.54, 1.807) is 11.3 Å². The number of unbranched alkanes of at least 4 members (excludes halogenated alkanes) is 1. The Hall–Kier alpha value is -1.89. The molecule has 0 unspecified atom stereocenters. The molecule has 0 atom stereocenters. The van der Waals surface area contributed by atoms with Gasteiger partial charge in [-0.1, -0.05) is 18.1 Å². The molecule has 2 aromatic rings. The Bertz CT molecular complexity index is 633. The maximum absolute atomic E-state index is 12.3. The minimum Gasteiger partial charge on any atom is -0.408 e. The Morgan fingerprint density at radius 1 is 1.25 bits per heavy atom. The number of hydrogen-bond donors (Lipinski definition) is 0. The van der Waals surface area contributed by atoms with Crippen molar-refractivity contribution in [3.8, 4) is 0 Å². The van der Waals surface area contributed by atoms with Crippen LogP contribution in [0.1, 0.15) is 37.0 Å². The predicted molar refractivity (Wildman–Crippen MR) is 94.3 cm³/mol. The number of carbonyl (C=O) groups excluding carboxylic acids is 1. The topological polar surface area (TPSA) is 62.5 Å². The Morgan fingerprint density at radius 3 is 2.75 bits per heavy atom. The molecule has 0 bridgehead atoms. The molecule has 1 aliphatic heterocycles. The van der Waals surface area contributed by atoms with Crippen molar-refractivity contribution < 1.29 is 9.21 Å². The highest BCUT2D eigenvalue weighted by atomic mass is 32.1. The minimum absolute atomic E-state index is 0.264. The average molecular weight is 348 g/mol. The van der Waals surface area contributed by atoms with Gasteiger partial charge in [-0.3, -0.25) is 4.79 Å². The second kappa shape index (κ2) is 8.28. The molecular weight excluding hydrogens is 324 g/mol. The van der Waals surface area contributed by atoms with Crippen LogP contribution in [-0.2, 0) is 17.6 Å². The SMILES string of the molecule is CCc1nnc(N2CCN(C(=O)CCCCc3cccs3)CC2)o1. The number of hydrogen-bond acceptors (Lipinski definition) is 6. The van der Waals surface area contributed by atoms with E-state index < -0.39 is 0 Å². The van der Waals surface area contributed by atoms with E-state index in [9.17, 15) is 4.79 Å². The molecule has 1 aliphatic rings. The Labute approximate surface area is 146 Å². The fourth-order valence-electron chi connectivity index (χ4n) is 2.85. The third kappa shape index (κ3) is 4.35. The molecule has 3 rings (SSSR count). The second-order valence-electron chi connectivity index (χ2n) is 5.99. The molecule has 1 fully saturated rings. The first-order valence-corrected chi connectivity index (χ1v) is 9.51. The number of amides is 1. The summed E-state index contributed by atoms with van der Waals surface area (Å²) >= 11 is 1.79. The molecule has 7 heteroatoms. The molecule has 3 heterocycles. The van der Waals surface area contributed by atoms with Gasteiger partial charge in [-0.05, 0) is 30.7 Å². The summed E-state index contributed by atoms with van der Waals surface area (Å²) in [5.74, 6) is 0.926. The van der Waals surface area contributed by atoms with Crippen molar-refractivity contribution in [2.24, 2.45) is 0 Å². The predicted octanol–water partition coefficient (Wildman–Crippen LogP) is 2.76. The molecule has 130 valence electrons. The van der Waals surface area contributed by atoms with Crippen LogP contribution in [0.2, 0.25) is 0 Å². The summed E-state index contributed by atoms with van der Waals surface area (Å²) in [4.78, 5) is 17.7. The summed E-state index contributed by atoms with van der Waals surface area (Å²) in [6.07, 6.45) is 4.51. The first kappa shape index (κ1) is 17.0. The van der Waals surface area contributed by atoms with Crippen LogP contribution in [0.15, 0.2) is 21.9 Å². The van der Waals surface area contributed by atoms with Crippen LogP contribution < -0.4 is 4.90 Å². The number of thiophene rings is 1. The van der Waals surface area contributed by atoms with Gasteiger partial charge in [-0.25, -0.2) is 0 Å². The van der Waals surface area contributed by atoms with Gasteiger partial charge in [0.05, 0.1) is 0 Å². The highest BCUT2D eigenvalue weighted by Crippen LogP contribution is 2.16. The van der Waals surface area contributed by atoms with E-state index in [1.807, 2.05) is 11.8 Å². The highest BCUT2D eigenvalue weighted by molar-refractivity contribution is 7.09. The summed E-state index contributed by atoms with van der Waals surface area (Å²) in [5, 5.41) is 10.2. The number of piperazine rings is 1. The van der Waals surface area contributed by atoms with E-state index in [-0.39, 0.29) is 5.91 Å². The van der Waals surface area contributed by atoms with E-state index in [4.69, 9.17) is 4.42 Å². The standard InChI is InChI=1S/C17H24N4O2S/c1-2-15-18-19-17(23-15)21-11-9-20(10-12-21)16(22)8-4-3-6-14-7-5-13-24-14/h5,7,13H,2-4,6,8-12H2,1H3. The normalized spacial score (nSPS) is 15.0. The van der Waals surface area contributed by atoms with E-state index in [0.717, 1.165) is 51.9 Å². The van der Waals surface area contributed by atoms with Gasteiger partial charge in [0, 0.05) is 43.9 Å². The zero-order chi connectivity index (χ0) is 16.8. The molecule has 1 amide bonds. The molecule has 24 heavy (non-hydrogen) atoms. The lowest BCUT2D eigenvalue weighted by Crippen LogP contribution is -2.48. The Kier molecular flexibility index (Phi) is 5.85. The van der Waals surface area contributed by atoms with Crippen LogP contribution in [0.25, 0.3) is 0 Å². The maximum atomic E-state index is 12.3. The Morgan fingerprint density at radius 2 is 2.08 bits per heavy atom. The van der Waals surface area contributed by atoms with Crippen molar-refractivity contribution in [1.82, 2.24) is 15.1 Å². The average Bonchev–Trinajstić information content (AvgIpc) is 3.30. The summed E-state index contributed by atoms with van der Waals surface area (Å²) in [6, 6.07) is 4.82. The number of rotatable bonds is 7. The van der Waals surface area contributed by atoms with Gasteiger partial charge in [-0.15, -0.1) is 16.4 Å². The van der Waals surface area contributed by atoms with Crippen LogP contribution in [0.5, 0.6) is 0 Å². The second-order valence-corrected chi connectivity index (χ2v) is 7.02. The van der Waals surface area contributed by atoms with Gasteiger partial charge < -0.3 is 14.2 Å². The zero-order valence-electron chi connectivity index (χ0n) is 14.1. The molecule has 0 radical (unpaired) electrons. The highest BCUT2D eigenvalue weighted by Gasteiger charge is 2.23. The fraction of sp³-hybridized carbons (Fsp3) is 0.588. The molecule has 0 aromatic carbocycles. The lowest BCUT2D eigenvalue weighted by Gasteiger charge is -2.33. The first-order valence-electron chi connectivity index (χ1n) is 8.63. The van der Waals surface area contributed by atoms with E-state index in [2.05, 4.69) is 32.6 Å². The number of aryl methyl sites for hydroxylation is 2. The van der Waals surface area contributed by atoms with Crippen molar-refractivity contribution in [3.63, 3.8) is 0 Å². The lowest BCUT2D eigenvalue weighted by molar-refractivity contribution is -0.131. The van der Waals surface area contributed by atoms with Gasteiger partial charge in [0.15, 0.2) is 0 Å². The van der Waals surface area contributed by atoms with E-state index in [0.29, 0.717) is 18.3 Å². The fourth-order valence-corrected chi connectivity index (χ4v) is 3.60. The maximum Gasteiger partial charge on any atom is 0.318 e. The monoisotopic (exact) mass is 348 g/mol. The van der Waals surface area contributed by atoms with Crippen molar-refractivity contribution in [2.45, 2.75) is 39.0 Å². The van der Waals surface area contributed by atoms with Crippen molar-refractivity contribution in [3.05, 3.63) is 28.3 Å². The molecule has 0 N–H and O–H groups in total. The van der Waals surface area contributed by atoms with E-state index in [1.165, 1.54) is 4.88 Å². The third-order valence-electron chi connectivity index (χ3n) is 4.31. The molecular formula is C17H24N4O2S. The summed E-state index contributed by atoms with van der Waals surface area (Å²) < 4.78 is 5.58. The summed E-state index contributed by atoms with van der Waals surface area (Å²) in [6.45, 7) is 4.96. The third-order valence-corrected chi connectivity index (χ3v) is 5.24. The van der Waals surface area contributed by atoms with Gasteiger partial charge in [-0.2, -0.15) is 0 Å². The number of carbonyl (C=O) groups is 1. The first-order chi connectivity index (χ1) is 11.8. The van der Waals surface area contributed by atoms with Crippen LogP contribution in [-0.4, -0.2) is 47.2 Å². The molecule has 0 spiro atoms. The van der Waals surface area contributed by atoms with Crippen LogP contribution in [0, 0.1) is 0 Å². The van der Waals surface area contributed by atoms with Gasteiger partial charge in [0.25, 0.3) is 0 Å².